The predicted molar refractivity (Wildman–Crippen MR) is 72.4 cm³/mol. The Morgan fingerprint density at radius 1 is 1.39 bits per heavy atom. The molecule has 3 rings (SSSR count). The van der Waals surface area contributed by atoms with Gasteiger partial charge in [-0.2, -0.15) is 0 Å². The van der Waals surface area contributed by atoms with Crippen LogP contribution in [0.1, 0.15) is 31.2 Å². The van der Waals surface area contributed by atoms with Gasteiger partial charge in [-0.1, -0.05) is 12.2 Å². The van der Waals surface area contributed by atoms with Crippen molar-refractivity contribution >= 4 is 23.0 Å². The quantitative estimate of drug-likeness (QED) is 0.762. The normalized spacial score (nSPS) is 30.5. The highest BCUT2D eigenvalue weighted by molar-refractivity contribution is 7.80. The largest absolute Gasteiger partial charge is 0.393 e. The molecule has 6 heteroatoms. The number of fused-ring (bicyclic) bond motifs is 2. The van der Waals surface area contributed by atoms with Gasteiger partial charge in [-0.3, -0.25) is 0 Å². The molecule has 18 heavy (non-hydrogen) atoms. The molecular weight excluding hydrogens is 248 g/mol. The molecule has 3 N–H and O–H groups in total. The number of hydrogen-bond donors (Lipinski definition) is 2. The van der Waals surface area contributed by atoms with Crippen LogP contribution in [0.4, 0.5) is 5.82 Å². The van der Waals surface area contributed by atoms with Crippen molar-refractivity contribution in [3.63, 3.8) is 0 Å². The Hall–Kier alpha value is -1.27. The van der Waals surface area contributed by atoms with Crippen LogP contribution in [0, 0.1) is 0 Å². The second-order valence-electron chi connectivity index (χ2n) is 5.04. The zero-order chi connectivity index (χ0) is 12.7. The molecule has 2 aliphatic heterocycles. The molecule has 2 fully saturated rings. The minimum atomic E-state index is -0.186. The number of hydrogen-bond acceptors (Lipinski definition) is 5. The summed E-state index contributed by atoms with van der Waals surface area (Å²) in [7, 11) is 0. The molecule has 96 valence electrons. The third-order valence-corrected chi connectivity index (χ3v) is 4.13. The smallest absolute Gasteiger partial charge is 0.142 e. The first-order chi connectivity index (χ1) is 8.66. The Balaban J connectivity index is 1.99. The Morgan fingerprint density at radius 2 is 2.06 bits per heavy atom. The van der Waals surface area contributed by atoms with Crippen molar-refractivity contribution in [3.8, 4) is 0 Å². The molecule has 0 aromatic carbocycles. The SMILES string of the molecule is NC(=S)c1cncnc1N1C2CCC1CC(O)C2. The van der Waals surface area contributed by atoms with Crippen molar-refractivity contribution in [2.45, 2.75) is 43.9 Å². The number of aromatic nitrogens is 2. The standard InChI is InChI=1S/C12H16N4OS/c13-11(18)10-5-14-6-15-12(10)16-7-1-2-8(16)4-9(17)3-7/h5-9,17H,1-4H2,(H2,13,18). The van der Waals surface area contributed by atoms with Crippen LogP contribution >= 0.6 is 12.2 Å². The van der Waals surface area contributed by atoms with Crippen LogP contribution in [0.5, 0.6) is 0 Å². The molecular formula is C12H16N4OS. The topological polar surface area (TPSA) is 75.3 Å². The number of thiocarbonyl (C=S) groups is 1. The van der Waals surface area contributed by atoms with E-state index in [0.717, 1.165) is 37.1 Å². The number of piperidine rings is 1. The summed E-state index contributed by atoms with van der Waals surface area (Å²) in [6.07, 6.45) is 6.82. The Bertz CT molecular complexity index is 467. The van der Waals surface area contributed by atoms with Gasteiger partial charge in [0.15, 0.2) is 0 Å². The molecule has 2 unspecified atom stereocenters. The van der Waals surface area contributed by atoms with Crippen LogP contribution in [0.15, 0.2) is 12.5 Å². The maximum atomic E-state index is 9.82. The highest BCUT2D eigenvalue weighted by Crippen LogP contribution is 2.39. The predicted octanol–water partition coefficient (Wildman–Crippen LogP) is 0.603. The highest BCUT2D eigenvalue weighted by Gasteiger charge is 2.41. The maximum absolute atomic E-state index is 9.82. The molecule has 2 saturated heterocycles. The van der Waals surface area contributed by atoms with E-state index in [9.17, 15) is 5.11 Å². The zero-order valence-electron chi connectivity index (χ0n) is 9.99. The van der Waals surface area contributed by atoms with Gasteiger partial charge in [-0.15, -0.1) is 0 Å². The van der Waals surface area contributed by atoms with Gasteiger partial charge < -0.3 is 15.7 Å². The Morgan fingerprint density at radius 3 is 2.67 bits per heavy atom. The number of nitrogens with zero attached hydrogens (tertiary/aromatic N) is 3. The third-order valence-electron chi connectivity index (χ3n) is 3.91. The first-order valence-corrected chi connectivity index (χ1v) is 6.64. The lowest BCUT2D eigenvalue weighted by atomic mass is 9.99. The second kappa shape index (κ2) is 4.44. The average molecular weight is 264 g/mol. The monoisotopic (exact) mass is 264 g/mol. The van der Waals surface area contributed by atoms with Crippen LogP contribution in [-0.4, -0.2) is 38.3 Å². The average Bonchev–Trinajstić information content (AvgIpc) is 2.61. The van der Waals surface area contributed by atoms with Crippen molar-refractivity contribution in [3.05, 3.63) is 18.1 Å². The molecule has 0 saturated carbocycles. The molecule has 2 aliphatic rings. The lowest BCUT2D eigenvalue weighted by molar-refractivity contribution is 0.126. The summed E-state index contributed by atoms with van der Waals surface area (Å²) in [4.78, 5) is 11.0. The Labute approximate surface area is 111 Å². The molecule has 1 aromatic rings. The molecule has 0 spiro atoms. The van der Waals surface area contributed by atoms with Crippen molar-refractivity contribution in [1.82, 2.24) is 9.97 Å². The maximum Gasteiger partial charge on any atom is 0.142 e. The number of anilines is 1. The van der Waals surface area contributed by atoms with Gasteiger partial charge in [0, 0.05) is 18.3 Å². The van der Waals surface area contributed by atoms with Gasteiger partial charge in [0.1, 0.15) is 17.1 Å². The summed E-state index contributed by atoms with van der Waals surface area (Å²) in [5.41, 5.74) is 6.47. The van der Waals surface area contributed by atoms with E-state index in [0.29, 0.717) is 17.1 Å². The van der Waals surface area contributed by atoms with E-state index < -0.39 is 0 Å². The molecule has 0 amide bonds. The number of nitrogens with two attached hydrogens (primary N) is 1. The fourth-order valence-corrected chi connectivity index (χ4v) is 3.34. The van der Waals surface area contributed by atoms with E-state index >= 15 is 0 Å². The van der Waals surface area contributed by atoms with Crippen LogP contribution < -0.4 is 10.6 Å². The molecule has 3 heterocycles. The van der Waals surface area contributed by atoms with Crippen LogP contribution in [0.25, 0.3) is 0 Å². The van der Waals surface area contributed by atoms with Crippen molar-refractivity contribution in [1.29, 1.82) is 0 Å². The summed E-state index contributed by atoms with van der Waals surface area (Å²) in [5, 5.41) is 9.82. The van der Waals surface area contributed by atoms with Crippen molar-refractivity contribution in [2.75, 3.05) is 4.90 Å². The summed E-state index contributed by atoms with van der Waals surface area (Å²) >= 11 is 5.06. The lowest BCUT2D eigenvalue weighted by Crippen LogP contribution is -2.46. The van der Waals surface area contributed by atoms with Gasteiger partial charge >= 0.3 is 0 Å². The first kappa shape index (κ1) is 11.8. The third kappa shape index (κ3) is 1.85. The highest BCUT2D eigenvalue weighted by atomic mass is 32.1. The van der Waals surface area contributed by atoms with Crippen LogP contribution in [0.3, 0.4) is 0 Å². The molecule has 2 bridgehead atoms. The molecule has 5 nitrogen and oxygen atoms in total. The van der Waals surface area contributed by atoms with Crippen LogP contribution in [-0.2, 0) is 0 Å². The summed E-state index contributed by atoms with van der Waals surface area (Å²) in [6, 6.07) is 0.698. The number of aliphatic hydroxyl groups excluding tert-OH is 1. The Kier molecular flexibility index (Phi) is 2.91. The molecule has 0 aliphatic carbocycles. The molecule has 1 aromatic heterocycles. The van der Waals surface area contributed by atoms with Crippen molar-refractivity contribution < 1.29 is 5.11 Å². The zero-order valence-corrected chi connectivity index (χ0v) is 10.8. The van der Waals surface area contributed by atoms with E-state index in [1.165, 1.54) is 6.33 Å². The fraction of sp³-hybridized carbons (Fsp3) is 0.583. The summed E-state index contributed by atoms with van der Waals surface area (Å²) in [5.74, 6) is 0.830. The first-order valence-electron chi connectivity index (χ1n) is 6.23. The van der Waals surface area contributed by atoms with E-state index in [2.05, 4.69) is 14.9 Å². The van der Waals surface area contributed by atoms with Crippen LogP contribution in [0.2, 0.25) is 0 Å². The summed E-state index contributed by atoms with van der Waals surface area (Å²) in [6.45, 7) is 0. The minimum Gasteiger partial charge on any atom is -0.393 e. The lowest BCUT2D eigenvalue weighted by Gasteiger charge is -2.38. The number of aliphatic hydroxyl groups is 1. The molecule has 0 radical (unpaired) electrons. The minimum absolute atomic E-state index is 0.186. The van der Waals surface area contributed by atoms with Gasteiger partial charge in [-0.05, 0) is 25.7 Å². The van der Waals surface area contributed by atoms with Gasteiger partial charge in [0.25, 0.3) is 0 Å². The summed E-state index contributed by atoms with van der Waals surface area (Å²) < 4.78 is 0. The van der Waals surface area contributed by atoms with E-state index in [1.54, 1.807) is 6.20 Å². The molecule has 2 atom stereocenters. The van der Waals surface area contributed by atoms with E-state index in [-0.39, 0.29) is 6.10 Å². The second-order valence-corrected chi connectivity index (χ2v) is 5.48. The number of rotatable bonds is 2. The van der Waals surface area contributed by atoms with Gasteiger partial charge in [0.2, 0.25) is 0 Å². The van der Waals surface area contributed by atoms with Gasteiger partial charge in [0.05, 0.1) is 11.7 Å². The van der Waals surface area contributed by atoms with E-state index in [4.69, 9.17) is 18.0 Å². The van der Waals surface area contributed by atoms with Gasteiger partial charge in [-0.25, -0.2) is 9.97 Å². The van der Waals surface area contributed by atoms with E-state index in [1.807, 2.05) is 0 Å². The fourth-order valence-electron chi connectivity index (χ4n) is 3.20. The van der Waals surface area contributed by atoms with Crippen molar-refractivity contribution in [2.24, 2.45) is 5.73 Å².